The third-order valence-electron chi connectivity index (χ3n) is 8.59. The Morgan fingerprint density at radius 1 is 1.05 bits per heavy atom. The van der Waals surface area contributed by atoms with E-state index in [1.54, 1.807) is 12.1 Å². The standard InChI is InChI=1S/C31H31ClFN7O3/c1-18-10-12-19(13-11-18)16-40-26-25(21-8-5-9-22(32)24(21)33)34-28(29-37-31(41)43-38-29)35-27(26)36-30(40)39-14-15-42-17-23(39)20-6-3-2-4-7-20/h2-9,18-19,23H,10-17H2,1H3,(H,37,38,41). The van der Waals surface area contributed by atoms with E-state index in [4.69, 9.17) is 35.8 Å². The van der Waals surface area contributed by atoms with E-state index in [0.717, 1.165) is 37.2 Å². The molecule has 1 aliphatic heterocycles. The minimum Gasteiger partial charge on any atom is -0.377 e. The van der Waals surface area contributed by atoms with Crippen molar-refractivity contribution in [3.8, 4) is 22.9 Å². The van der Waals surface area contributed by atoms with Crippen LogP contribution >= 0.6 is 11.6 Å². The van der Waals surface area contributed by atoms with Gasteiger partial charge in [-0.05, 0) is 42.4 Å². The number of anilines is 1. The molecule has 7 rings (SSSR count). The van der Waals surface area contributed by atoms with Crippen molar-refractivity contribution in [3.05, 3.63) is 75.5 Å². The van der Waals surface area contributed by atoms with Crippen molar-refractivity contribution in [2.45, 2.75) is 45.2 Å². The first kappa shape index (κ1) is 27.7. The molecule has 2 aliphatic rings. The molecule has 1 N–H and O–H groups in total. The summed E-state index contributed by atoms with van der Waals surface area (Å²) in [4.78, 5) is 31.1. The number of halogens is 2. The molecule has 5 aromatic rings. The van der Waals surface area contributed by atoms with Crippen molar-refractivity contribution in [1.29, 1.82) is 0 Å². The van der Waals surface area contributed by atoms with Crippen molar-refractivity contribution in [2.24, 2.45) is 11.8 Å². The van der Waals surface area contributed by atoms with Gasteiger partial charge in [-0.15, -0.1) is 0 Å². The molecule has 1 saturated carbocycles. The number of imidazole rings is 1. The molecule has 1 atom stereocenters. The lowest BCUT2D eigenvalue weighted by atomic mass is 9.83. The number of hydrogen-bond donors (Lipinski definition) is 1. The summed E-state index contributed by atoms with van der Waals surface area (Å²) in [6, 6.07) is 15.0. The summed E-state index contributed by atoms with van der Waals surface area (Å²) in [7, 11) is 0. The fourth-order valence-electron chi connectivity index (χ4n) is 6.29. The molecule has 3 aromatic heterocycles. The molecule has 12 heteroatoms. The number of hydrogen-bond acceptors (Lipinski definition) is 8. The van der Waals surface area contributed by atoms with E-state index in [0.29, 0.717) is 55.0 Å². The minimum atomic E-state index is -0.744. The van der Waals surface area contributed by atoms with E-state index in [2.05, 4.69) is 38.7 Å². The Hall–Kier alpha value is -4.09. The van der Waals surface area contributed by atoms with Crippen molar-refractivity contribution in [2.75, 3.05) is 24.7 Å². The van der Waals surface area contributed by atoms with Gasteiger partial charge in [0, 0.05) is 18.7 Å². The first-order valence-electron chi connectivity index (χ1n) is 14.6. The van der Waals surface area contributed by atoms with Gasteiger partial charge in [0.15, 0.2) is 11.5 Å². The molecule has 2 fully saturated rings. The molecule has 2 aromatic carbocycles. The van der Waals surface area contributed by atoms with Crippen LogP contribution in [-0.2, 0) is 11.3 Å². The Kier molecular flexibility index (Phi) is 7.44. The highest BCUT2D eigenvalue weighted by Gasteiger charge is 2.33. The van der Waals surface area contributed by atoms with E-state index in [1.165, 1.54) is 6.07 Å². The summed E-state index contributed by atoms with van der Waals surface area (Å²) in [6.07, 6.45) is 4.50. The maximum absolute atomic E-state index is 15.7. The molecule has 0 bridgehead atoms. The Morgan fingerprint density at radius 3 is 2.63 bits per heavy atom. The number of morpholine rings is 1. The van der Waals surface area contributed by atoms with Crippen molar-refractivity contribution in [3.63, 3.8) is 0 Å². The van der Waals surface area contributed by atoms with Crippen LogP contribution in [0, 0.1) is 17.7 Å². The summed E-state index contributed by atoms with van der Waals surface area (Å²) >= 11 is 6.26. The van der Waals surface area contributed by atoms with Gasteiger partial charge in [0.1, 0.15) is 11.2 Å². The second-order valence-corrected chi connectivity index (χ2v) is 11.9. The average Bonchev–Trinajstić information content (AvgIpc) is 3.63. The van der Waals surface area contributed by atoms with Crippen molar-refractivity contribution >= 4 is 28.7 Å². The van der Waals surface area contributed by atoms with Crippen LogP contribution in [-0.4, -0.2) is 49.4 Å². The molecule has 43 heavy (non-hydrogen) atoms. The second kappa shape index (κ2) is 11.5. The summed E-state index contributed by atoms with van der Waals surface area (Å²) in [5.74, 6) is 0.577. The Bertz CT molecular complexity index is 1810. The molecule has 0 amide bonds. The molecule has 1 saturated heterocycles. The van der Waals surface area contributed by atoms with Crippen LogP contribution in [0.15, 0.2) is 57.8 Å². The number of ether oxygens (including phenoxy) is 1. The van der Waals surface area contributed by atoms with Gasteiger partial charge < -0.3 is 14.2 Å². The number of aromatic nitrogens is 6. The summed E-state index contributed by atoms with van der Waals surface area (Å²) in [5, 5.41) is 3.77. The minimum absolute atomic E-state index is 0.0227. The Labute approximate surface area is 251 Å². The normalized spacial score (nSPS) is 21.0. The lowest BCUT2D eigenvalue weighted by Crippen LogP contribution is -2.41. The zero-order valence-electron chi connectivity index (χ0n) is 23.7. The Balaban J connectivity index is 1.47. The van der Waals surface area contributed by atoms with Crippen LogP contribution in [0.5, 0.6) is 0 Å². The maximum Gasteiger partial charge on any atom is 0.439 e. The smallest absolute Gasteiger partial charge is 0.377 e. The van der Waals surface area contributed by atoms with Gasteiger partial charge in [0.05, 0.1) is 24.3 Å². The summed E-state index contributed by atoms with van der Waals surface area (Å²) in [6.45, 7) is 4.63. The third-order valence-corrected chi connectivity index (χ3v) is 8.88. The highest BCUT2D eigenvalue weighted by molar-refractivity contribution is 6.31. The van der Waals surface area contributed by atoms with Crippen LogP contribution in [0.1, 0.15) is 44.2 Å². The monoisotopic (exact) mass is 603 g/mol. The van der Waals surface area contributed by atoms with Gasteiger partial charge in [-0.3, -0.25) is 9.51 Å². The summed E-state index contributed by atoms with van der Waals surface area (Å²) in [5.41, 5.74) is 2.60. The molecule has 0 spiro atoms. The largest absolute Gasteiger partial charge is 0.439 e. The number of nitrogens with one attached hydrogen (secondary N) is 1. The molecule has 0 radical (unpaired) electrons. The third kappa shape index (κ3) is 5.31. The second-order valence-electron chi connectivity index (χ2n) is 11.5. The quantitative estimate of drug-likeness (QED) is 0.250. The lowest BCUT2D eigenvalue weighted by molar-refractivity contribution is 0.0927. The van der Waals surface area contributed by atoms with Gasteiger partial charge in [0.25, 0.3) is 0 Å². The van der Waals surface area contributed by atoms with Crippen LogP contribution in [0.4, 0.5) is 10.3 Å². The SMILES string of the molecule is CC1CCC(Cn2c(N3CCOCC3c3ccccc3)nc3nc(-c4noc(=O)[nH]4)nc(-c4cccc(Cl)c4F)c32)CC1. The zero-order chi connectivity index (χ0) is 29.5. The fraction of sp³-hybridized carbons (Fsp3) is 0.387. The van der Waals surface area contributed by atoms with Gasteiger partial charge in [-0.2, -0.15) is 4.98 Å². The van der Waals surface area contributed by atoms with Gasteiger partial charge in [-0.25, -0.2) is 19.2 Å². The first-order valence-corrected chi connectivity index (χ1v) is 15.0. The molecule has 4 heterocycles. The number of H-pyrrole nitrogens is 1. The van der Waals surface area contributed by atoms with Crippen molar-refractivity contribution in [1.82, 2.24) is 29.7 Å². The number of nitrogens with zero attached hydrogens (tertiary/aromatic N) is 6. The van der Waals surface area contributed by atoms with Gasteiger partial charge in [-0.1, -0.05) is 72.9 Å². The molecule has 10 nitrogen and oxygen atoms in total. The maximum atomic E-state index is 15.7. The number of rotatable bonds is 6. The van der Waals surface area contributed by atoms with E-state index >= 15 is 4.39 Å². The fourth-order valence-corrected chi connectivity index (χ4v) is 6.46. The Morgan fingerprint density at radius 2 is 1.86 bits per heavy atom. The first-order chi connectivity index (χ1) is 21.0. The highest BCUT2D eigenvalue weighted by Crippen LogP contribution is 2.39. The van der Waals surface area contributed by atoms with Crippen LogP contribution in [0.25, 0.3) is 34.1 Å². The summed E-state index contributed by atoms with van der Waals surface area (Å²) < 4.78 is 28.5. The topological polar surface area (TPSA) is 115 Å². The van der Waals surface area contributed by atoms with Crippen molar-refractivity contribution < 1.29 is 13.7 Å². The lowest BCUT2D eigenvalue weighted by Gasteiger charge is -2.37. The number of fused-ring (bicyclic) bond motifs is 1. The molecule has 222 valence electrons. The predicted octanol–water partition coefficient (Wildman–Crippen LogP) is 6.03. The molecular weight excluding hydrogens is 573 g/mol. The van der Waals surface area contributed by atoms with Crippen LogP contribution in [0.3, 0.4) is 0 Å². The number of benzene rings is 2. The molecular formula is C31H31ClFN7O3. The molecule has 1 unspecified atom stereocenters. The predicted molar refractivity (Wildman–Crippen MR) is 160 cm³/mol. The van der Waals surface area contributed by atoms with E-state index in [1.807, 2.05) is 18.2 Å². The van der Waals surface area contributed by atoms with E-state index in [-0.39, 0.29) is 28.3 Å². The van der Waals surface area contributed by atoms with Crippen LogP contribution < -0.4 is 10.7 Å². The molecule has 1 aliphatic carbocycles. The van der Waals surface area contributed by atoms with Gasteiger partial charge >= 0.3 is 5.76 Å². The number of aromatic amines is 1. The van der Waals surface area contributed by atoms with E-state index in [9.17, 15) is 4.79 Å². The average molecular weight is 604 g/mol. The zero-order valence-corrected chi connectivity index (χ0v) is 24.4. The highest BCUT2D eigenvalue weighted by atomic mass is 35.5. The van der Waals surface area contributed by atoms with Crippen LogP contribution in [0.2, 0.25) is 5.02 Å². The van der Waals surface area contributed by atoms with E-state index < -0.39 is 11.6 Å². The van der Waals surface area contributed by atoms with Gasteiger partial charge in [0.2, 0.25) is 17.6 Å².